The third-order valence-electron chi connectivity index (χ3n) is 1.64. The van der Waals surface area contributed by atoms with Crippen LogP contribution in [-0.4, -0.2) is 12.5 Å². The third kappa shape index (κ3) is 3.20. The van der Waals surface area contributed by atoms with E-state index in [9.17, 15) is 0 Å². The van der Waals surface area contributed by atoms with Gasteiger partial charge in [-0.15, -0.1) is 11.8 Å². The van der Waals surface area contributed by atoms with Crippen molar-refractivity contribution in [2.75, 3.05) is 6.26 Å². The number of hydrogen-bond donors (Lipinski definition) is 0. The van der Waals surface area contributed by atoms with Crippen molar-refractivity contribution < 1.29 is 0 Å². The molecule has 0 aromatic heterocycles. The van der Waals surface area contributed by atoms with Gasteiger partial charge in [0.25, 0.3) is 0 Å². The van der Waals surface area contributed by atoms with Gasteiger partial charge in [0.05, 0.1) is 5.70 Å². The molecule has 0 bridgehead atoms. The van der Waals surface area contributed by atoms with Gasteiger partial charge in [0.1, 0.15) is 0 Å². The number of benzene rings is 1. The summed E-state index contributed by atoms with van der Waals surface area (Å²) in [5.74, 6) is 0. The first-order valence-electron chi connectivity index (χ1n) is 4.25. The van der Waals surface area contributed by atoms with E-state index in [1.165, 1.54) is 0 Å². The summed E-state index contributed by atoms with van der Waals surface area (Å²) in [6.07, 6.45) is 3.80. The first kappa shape index (κ1) is 11.3. The van der Waals surface area contributed by atoms with E-state index in [-0.39, 0.29) is 0 Å². The minimum absolute atomic E-state index is 0.748. The van der Waals surface area contributed by atoms with Crippen molar-refractivity contribution in [2.24, 2.45) is 4.99 Å². The maximum absolute atomic E-state index is 5.81. The fourth-order valence-corrected chi connectivity index (χ4v) is 1.59. The fourth-order valence-electron chi connectivity index (χ4n) is 1.04. The van der Waals surface area contributed by atoms with Gasteiger partial charge in [-0.2, -0.15) is 0 Å². The molecule has 1 aromatic carbocycles. The zero-order valence-electron chi connectivity index (χ0n) is 8.20. The predicted octanol–water partition coefficient (Wildman–Crippen LogP) is 4.09. The molecule has 1 rings (SSSR count). The molecule has 1 aromatic rings. The molecule has 0 aliphatic heterocycles. The Balaban J connectivity index is 3.00. The molecule has 0 saturated carbocycles. The molecule has 0 unspecified atom stereocenters. The van der Waals surface area contributed by atoms with Crippen molar-refractivity contribution in [3.8, 4) is 0 Å². The normalized spacial score (nSPS) is 12.4. The summed E-state index contributed by atoms with van der Waals surface area (Å²) in [6, 6.07) is 7.68. The lowest BCUT2D eigenvalue weighted by molar-refractivity contribution is 1.52. The molecule has 0 fully saturated rings. The van der Waals surface area contributed by atoms with Gasteiger partial charge < -0.3 is 0 Å². The Morgan fingerprint density at radius 3 is 2.50 bits per heavy atom. The van der Waals surface area contributed by atoms with Crippen LogP contribution >= 0.6 is 23.4 Å². The Morgan fingerprint density at radius 2 is 2.00 bits per heavy atom. The van der Waals surface area contributed by atoms with Crippen LogP contribution in [0.5, 0.6) is 0 Å². The molecule has 0 aliphatic carbocycles. The first-order chi connectivity index (χ1) is 6.77. The van der Waals surface area contributed by atoms with E-state index in [2.05, 4.69) is 4.99 Å². The van der Waals surface area contributed by atoms with Crippen molar-refractivity contribution in [2.45, 2.75) is 6.92 Å². The first-order valence-corrected chi connectivity index (χ1v) is 5.92. The van der Waals surface area contributed by atoms with E-state index >= 15 is 0 Å². The molecule has 0 saturated heterocycles. The second-order valence-electron chi connectivity index (χ2n) is 2.63. The van der Waals surface area contributed by atoms with Crippen molar-refractivity contribution >= 4 is 35.3 Å². The zero-order chi connectivity index (χ0) is 10.4. The fraction of sp³-hybridized carbons (Fsp3) is 0.182. The van der Waals surface area contributed by atoms with Gasteiger partial charge in [0.15, 0.2) is 0 Å². The number of hydrogen-bond acceptors (Lipinski definition) is 2. The number of thioether (sulfide) groups is 1. The summed E-state index contributed by atoms with van der Waals surface area (Å²) in [5.41, 5.74) is 2.05. The van der Waals surface area contributed by atoms with E-state index in [4.69, 9.17) is 11.6 Å². The molecule has 0 radical (unpaired) electrons. The van der Waals surface area contributed by atoms with Crippen LogP contribution in [0.15, 0.2) is 34.7 Å². The summed E-state index contributed by atoms with van der Waals surface area (Å²) in [5, 5.41) is 2.76. The Hall–Kier alpha value is -0.730. The van der Waals surface area contributed by atoms with Gasteiger partial charge in [0, 0.05) is 16.8 Å². The van der Waals surface area contributed by atoms with Crippen LogP contribution in [0.4, 0.5) is 0 Å². The Kier molecular flexibility index (Phi) is 4.77. The molecule has 0 amide bonds. The van der Waals surface area contributed by atoms with Crippen LogP contribution in [-0.2, 0) is 0 Å². The average molecular weight is 226 g/mol. The monoisotopic (exact) mass is 225 g/mol. The molecule has 0 N–H and O–H groups in total. The van der Waals surface area contributed by atoms with Crippen LogP contribution in [0.25, 0.3) is 5.70 Å². The molecule has 0 atom stereocenters. The molecule has 3 heteroatoms. The van der Waals surface area contributed by atoms with Gasteiger partial charge in [0.2, 0.25) is 0 Å². The highest BCUT2D eigenvalue weighted by molar-refractivity contribution is 8.01. The van der Waals surface area contributed by atoms with E-state index in [1.807, 2.05) is 42.9 Å². The Bertz CT molecular complexity index is 341. The molecule has 0 spiro atoms. The summed E-state index contributed by atoms with van der Waals surface area (Å²) in [7, 11) is 0. The molecule has 1 nitrogen and oxygen atoms in total. The number of nitrogens with zero attached hydrogens (tertiary/aromatic N) is 1. The number of aliphatic imine (C=N–C) groups is 1. The van der Waals surface area contributed by atoms with Gasteiger partial charge in [-0.1, -0.05) is 23.7 Å². The Labute approximate surface area is 93.9 Å². The van der Waals surface area contributed by atoms with E-state index < -0.39 is 0 Å². The third-order valence-corrected chi connectivity index (χ3v) is 2.35. The number of halogens is 1. The zero-order valence-corrected chi connectivity index (χ0v) is 9.77. The van der Waals surface area contributed by atoms with Crippen molar-refractivity contribution in [1.29, 1.82) is 0 Å². The average Bonchev–Trinajstić information content (AvgIpc) is 2.19. The maximum atomic E-state index is 5.81. The SMILES string of the molecule is CC=N/C(=C\SC)c1ccc(Cl)cc1. The standard InChI is InChI=1S/C11H12ClNS/c1-3-13-11(8-14-2)9-4-6-10(12)7-5-9/h3-8H,1-2H3/b11-8-,13-3?. The minimum atomic E-state index is 0.748. The lowest BCUT2D eigenvalue weighted by atomic mass is 10.2. The summed E-state index contributed by atoms with van der Waals surface area (Å²) >= 11 is 7.45. The topological polar surface area (TPSA) is 12.4 Å². The van der Waals surface area contributed by atoms with Crippen LogP contribution in [0, 0.1) is 0 Å². The molecular weight excluding hydrogens is 214 g/mol. The highest BCUT2D eigenvalue weighted by Crippen LogP contribution is 2.20. The van der Waals surface area contributed by atoms with Crippen LogP contribution in [0.1, 0.15) is 12.5 Å². The Morgan fingerprint density at radius 1 is 1.36 bits per heavy atom. The van der Waals surface area contributed by atoms with Crippen LogP contribution in [0.3, 0.4) is 0 Å². The minimum Gasteiger partial charge on any atom is -0.260 e. The molecule has 14 heavy (non-hydrogen) atoms. The van der Waals surface area contributed by atoms with Gasteiger partial charge in [-0.3, -0.25) is 4.99 Å². The highest BCUT2D eigenvalue weighted by atomic mass is 35.5. The molecule has 0 aliphatic rings. The van der Waals surface area contributed by atoms with E-state index in [0.717, 1.165) is 16.3 Å². The molecule has 74 valence electrons. The van der Waals surface area contributed by atoms with Crippen molar-refractivity contribution in [3.05, 3.63) is 40.3 Å². The second-order valence-corrected chi connectivity index (χ2v) is 3.78. The quantitative estimate of drug-likeness (QED) is 0.706. The summed E-state index contributed by atoms with van der Waals surface area (Å²) in [6.45, 7) is 1.91. The van der Waals surface area contributed by atoms with Crippen molar-refractivity contribution in [3.63, 3.8) is 0 Å². The molecule has 0 heterocycles. The van der Waals surface area contributed by atoms with Crippen LogP contribution < -0.4 is 0 Å². The highest BCUT2D eigenvalue weighted by Gasteiger charge is 1.97. The lowest BCUT2D eigenvalue weighted by Gasteiger charge is -2.01. The largest absolute Gasteiger partial charge is 0.260 e. The lowest BCUT2D eigenvalue weighted by Crippen LogP contribution is -1.80. The second kappa shape index (κ2) is 5.89. The predicted molar refractivity (Wildman–Crippen MR) is 67.1 cm³/mol. The van der Waals surface area contributed by atoms with Gasteiger partial charge in [-0.05, 0) is 30.7 Å². The van der Waals surface area contributed by atoms with Gasteiger partial charge >= 0.3 is 0 Å². The van der Waals surface area contributed by atoms with E-state index in [1.54, 1.807) is 18.0 Å². The smallest absolute Gasteiger partial charge is 0.0760 e. The van der Waals surface area contributed by atoms with Gasteiger partial charge in [-0.25, -0.2) is 0 Å². The summed E-state index contributed by atoms with van der Waals surface area (Å²) in [4.78, 5) is 4.29. The summed E-state index contributed by atoms with van der Waals surface area (Å²) < 4.78 is 0. The van der Waals surface area contributed by atoms with E-state index in [0.29, 0.717) is 0 Å². The molecular formula is C11H12ClNS. The number of rotatable bonds is 3. The van der Waals surface area contributed by atoms with Crippen molar-refractivity contribution in [1.82, 2.24) is 0 Å². The maximum Gasteiger partial charge on any atom is 0.0760 e. The van der Waals surface area contributed by atoms with Crippen LogP contribution in [0.2, 0.25) is 5.02 Å².